The Balaban J connectivity index is 2.91. The van der Waals surface area contributed by atoms with Crippen LogP contribution in [0.5, 0.6) is 0 Å². The van der Waals surface area contributed by atoms with Crippen molar-refractivity contribution in [2.75, 3.05) is 0 Å². The fourth-order valence-corrected chi connectivity index (χ4v) is 0.818. The van der Waals surface area contributed by atoms with Gasteiger partial charge in [0.05, 0.1) is 5.56 Å². The van der Waals surface area contributed by atoms with E-state index in [0.717, 1.165) is 5.46 Å². The maximum atomic E-state index is 10.4. The lowest BCUT2D eigenvalue weighted by atomic mass is 9.73. The molecule has 0 aliphatic heterocycles. The number of carboxylic acids is 1. The Labute approximate surface area is 66.1 Å². The van der Waals surface area contributed by atoms with Crippen LogP contribution in [-0.2, 0) is 0 Å². The standard InChI is InChI=1S/C8H8BO2/c1-9-7-4-2-6(3-5-7)8(10)11/h2-5H,1H3,(H,10,11). The average molecular weight is 147 g/mol. The van der Waals surface area contributed by atoms with Gasteiger partial charge in [0.25, 0.3) is 0 Å². The number of carbonyl (C=O) groups is 1. The number of hydrogen-bond acceptors (Lipinski definition) is 1. The Kier molecular flexibility index (Phi) is 2.31. The molecule has 3 heteroatoms. The molecule has 0 heterocycles. The third-order valence-corrected chi connectivity index (χ3v) is 1.49. The van der Waals surface area contributed by atoms with Gasteiger partial charge < -0.3 is 5.11 Å². The van der Waals surface area contributed by atoms with Crippen LogP contribution in [-0.4, -0.2) is 18.4 Å². The van der Waals surface area contributed by atoms with Crippen LogP contribution < -0.4 is 5.46 Å². The van der Waals surface area contributed by atoms with Crippen LogP contribution in [0, 0.1) is 0 Å². The second-order valence-corrected chi connectivity index (χ2v) is 2.22. The van der Waals surface area contributed by atoms with Crippen molar-refractivity contribution in [2.45, 2.75) is 6.82 Å². The predicted molar refractivity (Wildman–Crippen MR) is 44.7 cm³/mol. The molecule has 0 amide bonds. The minimum atomic E-state index is -0.882. The first-order chi connectivity index (χ1) is 5.24. The smallest absolute Gasteiger partial charge is 0.335 e. The first-order valence-corrected chi connectivity index (χ1v) is 3.37. The van der Waals surface area contributed by atoms with E-state index in [1.807, 2.05) is 14.1 Å². The highest BCUT2D eigenvalue weighted by Gasteiger charge is 1.99. The van der Waals surface area contributed by atoms with Gasteiger partial charge in [-0.05, 0) is 12.1 Å². The summed E-state index contributed by atoms with van der Waals surface area (Å²) in [5, 5.41) is 8.54. The van der Waals surface area contributed by atoms with Crippen molar-refractivity contribution < 1.29 is 9.90 Å². The number of rotatable bonds is 2. The quantitative estimate of drug-likeness (QED) is 0.627. The summed E-state index contributed by atoms with van der Waals surface area (Å²) in [6, 6.07) is 6.75. The Bertz CT molecular complexity index is 253. The highest BCUT2D eigenvalue weighted by atomic mass is 16.4. The van der Waals surface area contributed by atoms with Gasteiger partial charge in [0, 0.05) is 0 Å². The maximum absolute atomic E-state index is 10.4. The second kappa shape index (κ2) is 3.24. The van der Waals surface area contributed by atoms with Crippen molar-refractivity contribution in [1.29, 1.82) is 0 Å². The fraction of sp³-hybridized carbons (Fsp3) is 0.125. The van der Waals surface area contributed by atoms with E-state index in [1.54, 1.807) is 24.3 Å². The van der Waals surface area contributed by atoms with Gasteiger partial charge in [-0.25, -0.2) is 4.79 Å². The third kappa shape index (κ3) is 1.83. The van der Waals surface area contributed by atoms with Crippen LogP contribution in [0.2, 0.25) is 6.82 Å². The van der Waals surface area contributed by atoms with E-state index in [4.69, 9.17) is 5.11 Å². The van der Waals surface area contributed by atoms with E-state index in [9.17, 15) is 4.79 Å². The first kappa shape index (κ1) is 7.86. The minimum absolute atomic E-state index is 0.329. The second-order valence-electron chi connectivity index (χ2n) is 2.22. The molecule has 1 N–H and O–H groups in total. The predicted octanol–water partition coefficient (Wildman–Crippen LogP) is 0.762. The Morgan fingerprint density at radius 1 is 1.36 bits per heavy atom. The van der Waals surface area contributed by atoms with Crippen LogP contribution >= 0.6 is 0 Å². The summed E-state index contributed by atoms with van der Waals surface area (Å²) < 4.78 is 0. The summed E-state index contributed by atoms with van der Waals surface area (Å²) in [6.45, 7) is 1.91. The van der Waals surface area contributed by atoms with Crippen molar-refractivity contribution in [3.8, 4) is 0 Å². The SMILES string of the molecule is C[B]c1ccc(C(=O)O)cc1. The van der Waals surface area contributed by atoms with Crippen LogP contribution in [0.1, 0.15) is 10.4 Å². The van der Waals surface area contributed by atoms with E-state index >= 15 is 0 Å². The Hall–Kier alpha value is -1.25. The van der Waals surface area contributed by atoms with E-state index < -0.39 is 5.97 Å². The molecular formula is C8H8BO2. The molecule has 55 valence electrons. The summed E-state index contributed by atoms with van der Waals surface area (Å²) in [4.78, 5) is 10.4. The zero-order valence-electron chi connectivity index (χ0n) is 6.24. The van der Waals surface area contributed by atoms with Crippen LogP contribution in [0.4, 0.5) is 0 Å². The molecule has 1 aromatic rings. The summed E-state index contributed by atoms with van der Waals surface area (Å²) in [6.07, 6.45) is 0. The fourth-order valence-electron chi connectivity index (χ4n) is 0.818. The van der Waals surface area contributed by atoms with Crippen molar-refractivity contribution in [3.63, 3.8) is 0 Å². The lowest BCUT2D eigenvalue weighted by Crippen LogP contribution is -2.10. The number of benzene rings is 1. The van der Waals surface area contributed by atoms with Gasteiger partial charge in [0.15, 0.2) is 0 Å². The molecule has 0 spiro atoms. The van der Waals surface area contributed by atoms with Gasteiger partial charge in [-0.15, -0.1) is 0 Å². The summed E-state index contributed by atoms with van der Waals surface area (Å²) >= 11 is 0. The highest BCUT2D eigenvalue weighted by molar-refractivity contribution is 6.51. The molecule has 1 radical (unpaired) electrons. The number of hydrogen-bond donors (Lipinski definition) is 1. The normalized spacial score (nSPS) is 9.18. The van der Waals surface area contributed by atoms with Crippen molar-refractivity contribution in [1.82, 2.24) is 0 Å². The molecular weight excluding hydrogens is 139 g/mol. The lowest BCUT2D eigenvalue weighted by molar-refractivity contribution is 0.0697. The number of carboxylic acid groups (broad SMARTS) is 1. The van der Waals surface area contributed by atoms with Gasteiger partial charge in [-0.2, -0.15) is 0 Å². The van der Waals surface area contributed by atoms with Gasteiger partial charge >= 0.3 is 5.97 Å². The van der Waals surface area contributed by atoms with Crippen LogP contribution in [0.3, 0.4) is 0 Å². The molecule has 1 rings (SSSR count). The van der Waals surface area contributed by atoms with Gasteiger partial charge in [-0.3, -0.25) is 0 Å². The molecule has 0 bridgehead atoms. The van der Waals surface area contributed by atoms with Gasteiger partial charge in [0.1, 0.15) is 7.28 Å². The molecule has 1 aromatic carbocycles. The Morgan fingerprint density at radius 2 is 1.91 bits per heavy atom. The van der Waals surface area contributed by atoms with E-state index in [-0.39, 0.29) is 0 Å². The molecule has 0 aromatic heterocycles. The summed E-state index contributed by atoms with van der Waals surface area (Å²) in [5.74, 6) is -0.882. The molecule has 0 aliphatic rings. The molecule has 0 aliphatic carbocycles. The molecule has 0 saturated heterocycles. The zero-order chi connectivity index (χ0) is 8.27. The lowest BCUT2D eigenvalue weighted by Gasteiger charge is -1.95. The first-order valence-electron chi connectivity index (χ1n) is 3.37. The average Bonchev–Trinajstić information content (AvgIpc) is 2.05. The molecule has 0 unspecified atom stereocenters. The van der Waals surface area contributed by atoms with E-state index in [2.05, 4.69) is 0 Å². The monoisotopic (exact) mass is 147 g/mol. The van der Waals surface area contributed by atoms with Crippen LogP contribution in [0.25, 0.3) is 0 Å². The van der Waals surface area contributed by atoms with E-state index in [0.29, 0.717) is 5.56 Å². The topological polar surface area (TPSA) is 37.3 Å². The highest BCUT2D eigenvalue weighted by Crippen LogP contribution is 1.95. The third-order valence-electron chi connectivity index (χ3n) is 1.49. The molecule has 11 heavy (non-hydrogen) atoms. The molecule has 0 fully saturated rings. The summed E-state index contributed by atoms with van der Waals surface area (Å²) in [7, 11) is 1.92. The minimum Gasteiger partial charge on any atom is -0.478 e. The zero-order valence-corrected chi connectivity index (χ0v) is 6.24. The van der Waals surface area contributed by atoms with Gasteiger partial charge in [0.2, 0.25) is 0 Å². The van der Waals surface area contributed by atoms with Crippen molar-refractivity contribution in [2.24, 2.45) is 0 Å². The van der Waals surface area contributed by atoms with Gasteiger partial charge in [-0.1, -0.05) is 24.4 Å². The summed E-state index contributed by atoms with van der Waals surface area (Å²) in [5.41, 5.74) is 1.37. The largest absolute Gasteiger partial charge is 0.478 e. The van der Waals surface area contributed by atoms with Crippen molar-refractivity contribution in [3.05, 3.63) is 29.8 Å². The molecule has 0 atom stereocenters. The van der Waals surface area contributed by atoms with Crippen molar-refractivity contribution >= 4 is 18.7 Å². The molecule has 0 saturated carbocycles. The molecule has 2 nitrogen and oxygen atoms in total. The van der Waals surface area contributed by atoms with E-state index in [1.165, 1.54) is 0 Å². The Morgan fingerprint density at radius 3 is 2.27 bits per heavy atom. The number of aromatic carboxylic acids is 1. The maximum Gasteiger partial charge on any atom is 0.335 e. The van der Waals surface area contributed by atoms with Crippen LogP contribution in [0.15, 0.2) is 24.3 Å².